The molecular formula is C9H11BrN4O. The van der Waals surface area contributed by atoms with Gasteiger partial charge in [0.25, 0.3) is 0 Å². The summed E-state index contributed by atoms with van der Waals surface area (Å²) in [5.74, 6) is 0.878. The van der Waals surface area contributed by atoms with Crippen LogP contribution in [0.2, 0.25) is 0 Å². The van der Waals surface area contributed by atoms with E-state index in [1.54, 1.807) is 10.9 Å². The first-order valence-electron chi connectivity index (χ1n) is 4.50. The molecule has 0 amide bonds. The highest BCUT2D eigenvalue weighted by Gasteiger charge is 2.16. The Kier molecular flexibility index (Phi) is 2.88. The number of nitrogens with one attached hydrogen (secondary N) is 1. The van der Waals surface area contributed by atoms with E-state index in [9.17, 15) is 0 Å². The summed E-state index contributed by atoms with van der Waals surface area (Å²) >= 11 is 3.37. The Labute approximate surface area is 95.6 Å². The number of halogens is 1. The third-order valence-electron chi connectivity index (χ3n) is 2.12. The Morgan fingerprint density at radius 1 is 1.60 bits per heavy atom. The fraction of sp³-hybridized carbons (Fsp3) is 0.333. The molecule has 0 fully saturated rings. The summed E-state index contributed by atoms with van der Waals surface area (Å²) in [7, 11) is 3.73. The van der Waals surface area contributed by atoms with Gasteiger partial charge in [-0.1, -0.05) is 5.21 Å². The van der Waals surface area contributed by atoms with Crippen LogP contribution in [-0.2, 0) is 13.6 Å². The molecule has 2 rings (SSSR count). The molecule has 0 atom stereocenters. The van der Waals surface area contributed by atoms with Gasteiger partial charge in [-0.2, -0.15) is 0 Å². The molecule has 2 aromatic heterocycles. The quantitative estimate of drug-likeness (QED) is 0.920. The van der Waals surface area contributed by atoms with Crippen molar-refractivity contribution in [1.82, 2.24) is 20.3 Å². The predicted octanol–water partition coefficient (Wildman–Crippen LogP) is 1.56. The zero-order chi connectivity index (χ0) is 10.8. The van der Waals surface area contributed by atoms with Crippen molar-refractivity contribution in [3.8, 4) is 11.3 Å². The Morgan fingerprint density at radius 2 is 2.40 bits per heavy atom. The molecule has 2 heterocycles. The van der Waals surface area contributed by atoms with Crippen LogP contribution in [0.4, 0.5) is 0 Å². The van der Waals surface area contributed by atoms with Gasteiger partial charge in [-0.05, 0) is 29.0 Å². The maximum atomic E-state index is 5.39. The molecule has 0 unspecified atom stereocenters. The van der Waals surface area contributed by atoms with Gasteiger partial charge >= 0.3 is 0 Å². The van der Waals surface area contributed by atoms with Gasteiger partial charge in [-0.15, -0.1) is 5.10 Å². The summed E-state index contributed by atoms with van der Waals surface area (Å²) in [5, 5.41) is 10.9. The molecule has 0 aliphatic carbocycles. The average Bonchev–Trinajstić information content (AvgIpc) is 2.75. The Hall–Kier alpha value is -1.14. The van der Waals surface area contributed by atoms with Gasteiger partial charge in [-0.3, -0.25) is 0 Å². The van der Waals surface area contributed by atoms with Crippen molar-refractivity contribution < 1.29 is 4.42 Å². The number of furan rings is 1. The second-order valence-electron chi connectivity index (χ2n) is 3.14. The maximum absolute atomic E-state index is 5.39. The Bertz CT molecular complexity index is 443. The van der Waals surface area contributed by atoms with Crippen LogP contribution < -0.4 is 5.32 Å². The van der Waals surface area contributed by atoms with E-state index in [4.69, 9.17) is 4.42 Å². The Morgan fingerprint density at radius 3 is 3.00 bits per heavy atom. The van der Waals surface area contributed by atoms with Gasteiger partial charge in [0.05, 0.1) is 12.8 Å². The molecule has 0 radical (unpaired) electrons. The van der Waals surface area contributed by atoms with Crippen molar-refractivity contribution in [3.63, 3.8) is 0 Å². The van der Waals surface area contributed by atoms with Crippen molar-refractivity contribution in [2.75, 3.05) is 7.05 Å². The first-order chi connectivity index (χ1) is 7.24. The highest BCUT2D eigenvalue weighted by molar-refractivity contribution is 9.10. The van der Waals surface area contributed by atoms with Gasteiger partial charge < -0.3 is 9.73 Å². The predicted molar refractivity (Wildman–Crippen MR) is 59.2 cm³/mol. The van der Waals surface area contributed by atoms with E-state index < -0.39 is 0 Å². The van der Waals surface area contributed by atoms with Crippen molar-refractivity contribution in [2.45, 2.75) is 6.54 Å². The van der Waals surface area contributed by atoms with Gasteiger partial charge in [0.15, 0.2) is 4.60 Å². The summed E-state index contributed by atoms with van der Waals surface area (Å²) in [5.41, 5.74) is 1.93. The van der Waals surface area contributed by atoms with E-state index in [-0.39, 0.29) is 0 Å². The zero-order valence-electron chi connectivity index (χ0n) is 8.49. The van der Waals surface area contributed by atoms with Crippen LogP contribution in [-0.4, -0.2) is 22.0 Å². The minimum Gasteiger partial charge on any atom is -0.467 e. The lowest BCUT2D eigenvalue weighted by Crippen LogP contribution is -2.05. The molecule has 0 aliphatic heterocycles. The number of hydrogen-bond donors (Lipinski definition) is 1. The third kappa shape index (κ3) is 1.82. The van der Waals surface area contributed by atoms with Crippen LogP contribution in [0.25, 0.3) is 11.3 Å². The lowest BCUT2D eigenvalue weighted by atomic mass is 10.2. The minimum atomic E-state index is 0.681. The average molecular weight is 271 g/mol. The normalized spacial score (nSPS) is 10.9. The van der Waals surface area contributed by atoms with E-state index in [0.29, 0.717) is 6.54 Å². The molecule has 0 saturated heterocycles. The van der Waals surface area contributed by atoms with E-state index in [1.807, 2.05) is 20.2 Å². The number of aryl methyl sites for hydroxylation is 1. The van der Waals surface area contributed by atoms with E-state index in [1.165, 1.54) is 0 Å². The molecule has 2 aromatic rings. The number of hydrogen-bond acceptors (Lipinski definition) is 4. The van der Waals surface area contributed by atoms with E-state index in [0.717, 1.165) is 21.6 Å². The van der Waals surface area contributed by atoms with E-state index >= 15 is 0 Å². The SMILES string of the molecule is CNCc1occc1-c1c(Br)nnn1C. The first kappa shape index (κ1) is 10.4. The van der Waals surface area contributed by atoms with Gasteiger partial charge in [0, 0.05) is 12.6 Å². The van der Waals surface area contributed by atoms with Crippen LogP contribution in [0.1, 0.15) is 5.76 Å². The van der Waals surface area contributed by atoms with Crippen molar-refractivity contribution >= 4 is 15.9 Å². The first-order valence-corrected chi connectivity index (χ1v) is 5.30. The zero-order valence-corrected chi connectivity index (χ0v) is 10.1. The van der Waals surface area contributed by atoms with Crippen molar-refractivity contribution in [1.29, 1.82) is 0 Å². The summed E-state index contributed by atoms with van der Waals surface area (Å²) in [6, 6.07) is 1.91. The number of rotatable bonds is 3. The standard InChI is InChI=1S/C9H11BrN4O/c1-11-5-7-6(3-4-15-7)8-9(10)12-13-14(8)2/h3-4,11H,5H2,1-2H3. The summed E-state index contributed by atoms with van der Waals surface area (Å²) < 4.78 is 7.83. The summed E-state index contributed by atoms with van der Waals surface area (Å²) in [4.78, 5) is 0. The lowest BCUT2D eigenvalue weighted by molar-refractivity contribution is 0.496. The largest absolute Gasteiger partial charge is 0.467 e. The Balaban J connectivity index is 2.49. The molecule has 0 saturated carbocycles. The fourth-order valence-electron chi connectivity index (χ4n) is 1.47. The van der Waals surface area contributed by atoms with Crippen LogP contribution in [0, 0.1) is 0 Å². The molecule has 0 spiro atoms. The maximum Gasteiger partial charge on any atom is 0.156 e. The molecule has 15 heavy (non-hydrogen) atoms. The van der Waals surface area contributed by atoms with Gasteiger partial charge in [0.1, 0.15) is 11.5 Å². The lowest BCUT2D eigenvalue weighted by Gasteiger charge is -2.02. The highest BCUT2D eigenvalue weighted by atomic mass is 79.9. The molecule has 80 valence electrons. The van der Waals surface area contributed by atoms with Crippen LogP contribution in [0.3, 0.4) is 0 Å². The molecular weight excluding hydrogens is 260 g/mol. The van der Waals surface area contributed by atoms with Crippen LogP contribution in [0.5, 0.6) is 0 Å². The number of nitrogens with zero attached hydrogens (tertiary/aromatic N) is 3. The third-order valence-corrected chi connectivity index (χ3v) is 2.66. The molecule has 1 N–H and O–H groups in total. The monoisotopic (exact) mass is 270 g/mol. The van der Waals surface area contributed by atoms with Gasteiger partial charge in [0.2, 0.25) is 0 Å². The van der Waals surface area contributed by atoms with Crippen molar-refractivity contribution in [3.05, 3.63) is 22.7 Å². The molecule has 0 bridgehead atoms. The smallest absolute Gasteiger partial charge is 0.156 e. The fourth-order valence-corrected chi connectivity index (χ4v) is 2.01. The molecule has 6 heteroatoms. The highest BCUT2D eigenvalue weighted by Crippen LogP contribution is 2.29. The van der Waals surface area contributed by atoms with Gasteiger partial charge in [-0.25, -0.2) is 4.68 Å². The second kappa shape index (κ2) is 4.16. The van der Waals surface area contributed by atoms with E-state index in [2.05, 4.69) is 31.6 Å². The van der Waals surface area contributed by atoms with Crippen molar-refractivity contribution in [2.24, 2.45) is 7.05 Å². The van der Waals surface area contributed by atoms with Crippen LogP contribution in [0.15, 0.2) is 21.3 Å². The summed E-state index contributed by atoms with van der Waals surface area (Å²) in [6.45, 7) is 0.681. The topological polar surface area (TPSA) is 55.9 Å². The molecule has 0 aromatic carbocycles. The summed E-state index contributed by atoms with van der Waals surface area (Å²) in [6.07, 6.45) is 1.67. The molecule has 0 aliphatic rings. The molecule has 5 nitrogen and oxygen atoms in total. The minimum absolute atomic E-state index is 0.681. The second-order valence-corrected chi connectivity index (χ2v) is 3.89. The van der Waals surface area contributed by atoms with Crippen LogP contribution >= 0.6 is 15.9 Å². The number of aromatic nitrogens is 3.